The van der Waals surface area contributed by atoms with Crippen LogP contribution in [0.15, 0.2) is 126 Å². The Morgan fingerprint density at radius 3 is 1.71 bits per heavy atom. The van der Waals surface area contributed by atoms with Crippen LogP contribution in [-0.2, 0) is 12.8 Å². The molecular formula is C39H24OS. The lowest BCUT2D eigenvalue weighted by Crippen LogP contribution is -2.03. The van der Waals surface area contributed by atoms with Crippen LogP contribution >= 0.6 is 11.3 Å². The van der Waals surface area contributed by atoms with Crippen LogP contribution in [0.3, 0.4) is 0 Å². The molecule has 0 amide bonds. The Hall–Kier alpha value is -4.79. The topological polar surface area (TPSA) is 17.1 Å². The van der Waals surface area contributed by atoms with Gasteiger partial charge in [0.25, 0.3) is 0 Å². The van der Waals surface area contributed by atoms with E-state index in [2.05, 4.69) is 103 Å². The van der Waals surface area contributed by atoms with Gasteiger partial charge in [-0.15, -0.1) is 11.3 Å². The molecule has 41 heavy (non-hydrogen) atoms. The van der Waals surface area contributed by atoms with Crippen molar-refractivity contribution in [2.75, 3.05) is 0 Å². The normalized spacial score (nSPS) is 12.8. The quantitative estimate of drug-likeness (QED) is 0.199. The molecule has 0 spiro atoms. The van der Waals surface area contributed by atoms with Crippen LogP contribution in [-0.4, -0.2) is 0 Å². The van der Waals surface area contributed by atoms with E-state index in [1.165, 1.54) is 55.6 Å². The molecule has 192 valence electrons. The number of hydrogen-bond donors (Lipinski definition) is 0. The standard InChI is InChI=1S/C39H24OS/c40-38-32-13-5-6-18-37(32)41-39-35(31-17-8-16-30-27-12-4-2-10-24(27)20-34(30)31)21-25(22-36(38)39)28-14-7-15-29-26-11-3-1-9-23(26)19-33(28)29/h1-18,21-22H,19-20H2. The Kier molecular flexibility index (Phi) is 4.82. The van der Waals surface area contributed by atoms with E-state index >= 15 is 0 Å². The van der Waals surface area contributed by atoms with Gasteiger partial charge in [-0.1, -0.05) is 97.1 Å². The first-order valence-corrected chi connectivity index (χ1v) is 15.0. The maximum Gasteiger partial charge on any atom is 0.195 e. The molecule has 0 saturated carbocycles. The van der Waals surface area contributed by atoms with E-state index in [4.69, 9.17) is 0 Å². The van der Waals surface area contributed by atoms with E-state index in [1.54, 1.807) is 11.3 Å². The van der Waals surface area contributed by atoms with Crippen molar-refractivity contribution in [3.63, 3.8) is 0 Å². The van der Waals surface area contributed by atoms with Gasteiger partial charge in [0, 0.05) is 25.7 Å². The van der Waals surface area contributed by atoms with Gasteiger partial charge in [-0.3, -0.25) is 4.79 Å². The molecule has 0 aliphatic heterocycles. The van der Waals surface area contributed by atoms with Crippen LogP contribution in [0, 0.1) is 0 Å². The van der Waals surface area contributed by atoms with Crippen molar-refractivity contribution in [1.82, 2.24) is 0 Å². The molecule has 0 atom stereocenters. The van der Waals surface area contributed by atoms with Gasteiger partial charge in [0.15, 0.2) is 5.43 Å². The fourth-order valence-corrected chi connectivity index (χ4v) is 8.28. The van der Waals surface area contributed by atoms with Gasteiger partial charge in [0.05, 0.1) is 0 Å². The van der Waals surface area contributed by atoms with Crippen molar-refractivity contribution in [1.29, 1.82) is 0 Å². The second-order valence-corrected chi connectivity index (χ2v) is 12.2. The average molecular weight is 541 g/mol. The molecule has 0 saturated heterocycles. The summed E-state index contributed by atoms with van der Waals surface area (Å²) in [5, 5.41) is 1.60. The van der Waals surface area contributed by atoms with E-state index < -0.39 is 0 Å². The van der Waals surface area contributed by atoms with Crippen molar-refractivity contribution >= 4 is 31.5 Å². The largest absolute Gasteiger partial charge is 0.289 e. The molecule has 0 N–H and O–H groups in total. The fraction of sp³-hybridized carbons (Fsp3) is 0.0513. The smallest absolute Gasteiger partial charge is 0.195 e. The molecule has 2 aliphatic carbocycles. The highest BCUT2D eigenvalue weighted by atomic mass is 32.1. The molecule has 7 aromatic rings. The summed E-state index contributed by atoms with van der Waals surface area (Å²) in [4.78, 5) is 14.1. The first-order valence-electron chi connectivity index (χ1n) is 14.2. The van der Waals surface area contributed by atoms with Crippen molar-refractivity contribution in [3.05, 3.63) is 154 Å². The molecular weight excluding hydrogens is 516 g/mol. The first kappa shape index (κ1) is 23.0. The Balaban J connectivity index is 1.36. The maximum absolute atomic E-state index is 14.1. The highest BCUT2D eigenvalue weighted by Gasteiger charge is 2.25. The third-order valence-electron chi connectivity index (χ3n) is 8.98. The van der Waals surface area contributed by atoms with Gasteiger partial charge < -0.3 is 0 Å². The molecule has 2 heteroatoms. The van der Waals surface area contributed by atoms with Crippen LogP contribution in [0.2, 0.25) is 0 Å². The fourth-order valence-electron chi connectivity index (χ4n) is 7.10. The third-order valence-corrected chi connectivity index (χ3v) is 10.2. The molecule has 2 aliphatic rings. The van der Waals surface area contributed by atoms with Crippen molar-refractivity contribution in [2.45, 2.75) is 12.8 Å². The lowest BCUT2D eigenvalue weighted by molar-refractivity contribution is 1.26. The van der Waals surface area contributed by atoms with Gasteiger partial charge >= 0.3 is 0 Å². The lowest BCUT2D eigenvalue weighted by Gasteiger charge is -2.16. The second-order valence-electron chi connectivity index (χ2n) is 11.2. The number of hydrogen-bond acceptors (Lipinski definition) is 2. The Bertz CT molecular complexity index is 2290. The number of fused-ring (bicyclic) bond motifs is 8. The van der Waals surface area contributed by atoms with Crippen LogP contribution in [0.4, 0.5) is 0 Å². The molecule has 0 fully saturated rings. The molecule has 1 heterocycles. The van der Waals surface area contributed by atoms with Crippen LogP contribution in [0.5, 0.6) is 0 Å². The van der Waals surface area contributed by atoms with Gasteiger partial charge in [-0.2, -0.15) is 0 Å². The molecule has 0 bridgehead atoms. The second kappa shape index (κ2) is 8.60. The zero-order chi connectivity index (χ0) is 27.1. The van der Waals surface area contributed by atoms with E-state index in [-0.39, 0.29) is 5.43 Å². The highest BCUT2D eigenvalue weighted by Crippen LogP contribution is 2.47. The third kappa shape index (κ3) is 3.32. The summed E-state index contributed by atoms with van der Waals surface area (Å²) < 4.78 is 2.10. The number of benzene rings is 6. The van der Waals surface area contributed by atoms with Crippen molar-refractivity contribution in [2.24, 2.45) is 0 Å². The Labute approximate surface area is 242 Å². The monoisotopic (exact) mass is 540 g/mol. The minimum absolute atomic E-state index is 0.115. The van der Waals surface area contributed by atoms with Gasteiger partial charge in [-0.05, 0) is 98.3 Å². The van der Waals surface area contributed by atoms with Crippen LogP contribution < -0.4 is 5.43 Å². The Morgan fingerprint density at radius 2 is 1.00 bits per heavy atom. The molecule has 1 nitrogen and oxygen atoms in total. The molecule has 9 rings (SSSR count). The summed E-state index contributed by atoms with van der Waals surface area (Å²) >= 11 is 1.74. The molecule has 1 aromatic heterocycles. The zero-order valence-electron chi connectivity index (χ0n) is 22.3. The van der Waals surface area contributed by atoms with E-state index in [0.29, 0.717) is 0 Å². The minimum atomic E-state index is 0.115. The van der Waals surface area contributed by atoms with Gasteiger partial charge in [0.1, 0.15) is 0 Å². The predicted molar refractivity (Wildman–Crippen MR) is 173 cm³/mol. The number of rotatable bonds is 2. The van der Waals surface area contributed by atoms with E-state index in [9.17, 15) is 4.79 Å². The maximum atomic E-state index is 14.1. The Morgan fingerprint density at radius 1 is 0.463 bits per heavy atom. The molecule has 0 radical (unpaired) electrons. The van der Waals surface area contributed by atoms with Gasteiger partial charge in [-0.25, -0.2) is 0 Å². The zero-order valence-corrected chi connectivity index (χ0v) is 23.1. The van der Waals surface area contributed by atoms with Crippen LogP contribution in [0.1, 0.15) is 22.3 Å². The van der Waals surface area contributed by atoms with Gasteiger partial charge in [0.2, 0.25) is 0 Å². The average Bonchev–Trinajstić information content (AvgIpc) is 3.60. The molecule has 0 unspecified atom stereocenters. The van der Waals surface area contributed by atoms with Crippen LogP contribution in [0.25, 0.3) is 64.7 Å². The first-order chi connectivity index (χ1) is 20.2. The summed E-state index contributed by atoms with van der Waals surface area (Å²) in [6.45, 7) is 0. The minimum Gasteiger partial charge on any atom is -0.289 e. The molecule has 6 aromatic carbocycles. The summed E-state index contributed by atoms with van der Waals surface area (Å²) in [6.07, 6.45) is 1.82. The summed E-state index contributed by atoms with van der Waals surface area (Å²) in [5.74, 6) is 0. The SMILES string of the molecule is O=c1c2ccccc2sc2c(-c3cccc4c3Cc3ccccc3-4)cc(-c3cccc4c3Cc3ccccc3-4)cc12. The summed E-state index contributed by atoms with van der Waals surface area (Å²) in [7, 11) is 0. The van der Waals surface area contributed by atoms with Crippen molar-refractivity contribution < 1.29 is 0 Å². The van der Waals surface area contributed by atoms with Crippen molar-refractivity contribution in [3.8, 4) is 44.5 Å². The predicted octanol–water partition coefficient (Wildman–Crippen LogP) is 9.89. The summed E-state index contributed by atoms with van der Waals surface area (Å²) in [6, 6.07) is 43.3. The summed E-state index contributed by atoms with van der Waals surface area (Å²) in [5.41, 5.74) is 15.5. The van der Waals surface area contributed by atoms with E-state index in [1.807, 2.05) is 18.2 Å². The lowest BCUT2D eigenvalue weighted by atomic mass is 9.90. The van der Waals surface area contributed by atoms with E-state index in [0.717, 1.165) is 44.1 Å². The highest BCUT2D eigenvalue weighted by molar-refractivity contribution is 7.25.